The van der Waals surface area contributed by atoms with Gasteiger partial charge in [0.15, 0.2) is 11.5 Å². The van der Waals surface area contributed by atoms with E-state index < -0.39 is 0 Å². The highest BCUT2D eigenvalue weighted by molar-refractivity contribution is 5.43. The van der Waals surface area contributed by atoms with Crippen molar-refractivity contribution in [3.8, 4) is 11.5 Å². The summed E-state index contributed by atoms with van der Waals surface area (Å²) in [7, 11) is 3.29. The molecule has 0 saturated carbocycles. The first-order valence-corrected chi connectivity index (χ1v) is 5.83. The first-order valence-electron chi connectivity index (χ1n) is 5.83. The molecule has 0 bridgehead atoms. The molecular formula is C14H21NO2. The summed E-state index contributed by atoms with van der Waals surface area (Å²) in [5.41, 5.74) is 1.18. The Morgan fingerprint density at radius 3 is 2.53 bits per heavy atom. The molecule has 0 aliphatic heterocycles. The molecule has 3 heteroatoms. The van der Waals surface area contributed by atoms with Crippen LogP contribution in [-0.4, -0.2) is 20.8 Å². The summed E-state index contributed by atoms with van der Waals surface area (Å²) in [5, 5.41) is 3.42. The quantitative estimate of drug-likeness (QED) is 0.737. The third-order valence-electron chi connectivity index (χ3n) is 2.66. The molecule has 0 aliphatic carbocycles. The highest BCUT2D eigenvalue weighted by Crippen LogP contribution is 2.30. The molecule has 17 heavy (non-hydrogen) atoms. The van der Waals surface area contributed by atoms with Crippen LogP contribution in [0.1, 0.15) is 24.9 Å². The standard InChI is InChI=1S/C14H21NO2/c1-5-7-12(15-6-2)11-8-9-13(16-3)14(10-11)17-4/h5,8-10,12,15H,1,6-7H2,2-4H3. The second-order valence-electron chi connectivity index (χ2n) is 3.75. The van der Waals surface area contributed by atoms with E-state index in [1.54, 1.807) is 14.2 Å². The van der Waals surface area contributed by atoms with Crippen LogP contribution >= 0.6 is 0 Å². The van der Waals surface area contributed by atoms with Crippen molar-refractivity contribution < 1.29 is 9.47 Å². The summed E-state index contributed by atoms with van der Waals surface area (Å²) in [6.45, 7) is 6.81. The third kappa shape index (κ3) is 3.49. The summed E-state index contributed by atoms with van der Waals surface area (Å²) >= 11 is 0. The Hall–Kier alpha value is -1.48. The zero-order valence-corrected chi connectivity index (χ0v) is 10.8. The number of nitrogens with one attached hydrogen (secondary N) is 1. The molecule has 0 aromatic heterocycles. The van der Waals surface area contributed by atoms with Crippen LogP contribution in [0.3, 0.4) is 0 Å². The molecule has 0 amide bonds. The molecule has 0 saturated heterocycles. The summed E-state index contributed by atoms with van der Waals surface area (Å²) in [6, 6.07) is 6.27. The van der Waals surface area contributed by atoms with Gasteiger partial charge in [0.2, 0.25) is 0 Å². The van der Waals surface area contributed by atoms with Crippen molar-refractivity contribution in [3.63, 3.8) is 0 Å². The molecule has 1 aromatic carbocycles. The predicted octanol–water partition coefficient (Wildman–Crippen LogP) is 2.93. The van der Waals surface area contributed by atoms with E-state index in [1.807, 2.05) is 18.2 Å². The van der Waals surface area contributed by atoms with Gasteiger partial charge in [-0.05, 0) is 30.7 Å². The molecule has 0 radical (unpaired) electrons. The highest BCUT2D eigenvalue weighted by atomic mass is 16.5. The first kappa shape index (κ1) is 13.6. The van der Waals surface area contributed by atoms with Crippen LogP contribution in [0.2, 0.25) is 0 Å². The molecule has 1 atom stereocenters. The van der Waals surface area contributed by atoms with Gasteiger partial charge >= 0.3 is 0 Å². The number of benzene rings is 1. The zero-order chi connectivity index (χ0) is 12.7. The van der Waals surface area contributed by atoms with Crippen molar-refractivity contribution in [2.75, 3.05) is 20.8 Å². The lowest BCUT2D eigenvalue weighted by Crippen LogP contribution is -2.20. The Kier molecular flexibility index (Phi) is 5.57. The normalized spacial score (nSPS) is 11.9. The molecule has 0 spiro atoms. The second-order valence-corrected chi connectivity index (χ2v) is 3.75. The minimum absolute atomic E-state index is 0.275. The maximum Gasteiger partial charge on any atom is 0.161 e. The van der Waals surface area contributed by atoms with E-state index >= 15 is 0 Å². The van der Waals surface area contributed by atoms with Gasteiger partial charge < -0.3 is 14.8 Å². The van der Waals surface area contributed by atoms with E-state index in [4.69, 9.17) is 9.47 Å². The minimum Gasteiger partial charge on any atom is -0.493 e. The Labute approximate surface area is 103 Å². The second kappa shape index (κ2) is 6.97. The molecule has 1 aromatic rings. The summed E-state index contributed by atoms with van der Waals surface area (Å²) < 4.78 is 10.5. The Morgan fingerprint density at radius 1 is 1.29 bits per heavy atom. The molecule has 94 valence electrons. The Morgan fingerprint density at radius 2 is 2.00 bits per heavy atom. The van der Waals surface area contributed by atoms with Crippen molar-refractivity contribution in [3.05, 3.63) is 36.4 Å². The predicted molar refractivity (Wildman–Crippen MR) is 70.8 cm³/mol. The van der Waals surface area contributed by atoms with Gasteiger partial charge in [-0.15, -0.1) is 6.58 Å². The fraction of sp³-hybridized carbons (Fsp3) is 0.429. The van der Waals surface area contributed by atoms with Crippen molar-refractivity contribution in [1.82, 2.24) is 5.32 Å². The number of rotatable bonds is 7. The van der Waals surface area contributed by atoms with Gasteiger partial charge in [0.1, 0.15) is 0 Å². The molecule has 1 N–H and O–H groups in total. The molecule has 1 rings (SSSR count). The van der Waals surface area contributed by atoms with E-state index in [0.29, 0.717) is 0 Å². The number of hydrogen-bond donors (Lipinski definition) is 1. The van der Waals surface area contributed by atoms with E-state index in [1.165, 1.54) is 5.56 Å². The Bertz CT molecular complexity index is 363. The third-order valence-corrected chi connectivity index (χ3v) is 2.66. The first-order chi connectivity index (χ1) is 8.26. The van der Waals surface area contributed by atoms with Crippen LogP contribution in [0.5, 0.6) is 11.5 Å². The van der Waals surface area contributed by atoms with Crippen LogP contribution in [0.25, 0.3) is 0 Å². The van der Waals surface area contributed by atoms with Gasteiger partial charge in [-0.3, -0.25) is 0 Å². The number of ether oxygens (including phenoxy) is 2. The van der Waals surface area contributed by atoms with Crippen LogP contribution in [0.4, 0.5) is 0 Å². The zero-order valence-electron chi connectivity index (χ0n) is 10.8. The molecule has 3 nitrogen and oxygen atoms in total. The van der Waals surface area contributed by atoms with Gasteiger partial charge in [-0.2, -0.15) is 0 Å². The lowest BCUT2D eigenvalue weighted by atomic mass is 10.0. The number of hydrogen-bond acceptors (Lipinski definition) is 3. The minimum atomic E-state index is 0.275. The van der Waals surface area contributed by atoms with Crippen molar-refractivity contribution >= 4 is 0 Å². The van der Waals surface area contributed by atoms with Crippen LogP contribution in [0.15, 0.2) is 30.9 Å². The van der Waals surface area contributed by atoms with E-state index in [9.17, 15) is 0 Å². The largest absolute Gasteiger partial charge is 0.493 e. The SMILES string of the molecule is C=CCC(NCC)c1ccc(OC)c(OC)c1. The summed E-state index contributed by atoms with van der Waals surface area (Å²) in [5.74, 6) is 1.52. The highest BCUT2D eigenvalue weighted by Gasteiger charge is 2.11. The summed E-state index contributed by atoms with van der Waals surface area (Å²) in [6.07, 6.45) is 2.81. The fourth-order valence-electron chi connectivity index (χ4n) is 1.82. The van der Waals surface area contributed by atoms with Crippen LogP contribution in [-0.2, 0) is 0 Å². The van der Waals surface area contributed by atoms with Crippen molar-refractivity contribution in [2.24, 2.45) is 0 Å². The Balaban J connectivity index is 2.98. The van der Waals surface area contributed by atoms with Gasteiger partial charge in [0.05, 0.1) is 14.2 Å². The van der Waals surface area contributed by atoms with E-state index in [2.05, 4.69) is 24.9 Å². The molecule has 0 fully saturated rings. The van der Waals surface area contributed by atoms with Crippen LogP contribution in [0, 0.1) is 0 Å². The summed E-state index contributed by atoms with van der Waals surface area (Å²) in [4.78, 5) is 0. The van der Waals surface area contributed by atoms with Crippen molar-refractivity contribution in [1.29, 1.82) is 0 Å². The van der Waals surface area contributed by atoms with E-state index in [-0.39, 0.29) is 6.04 Å². The molecular weight excluding hydrogens is 214 g/mol. The van der Waals surface area contributed by atoms with Crippen LogP contribution < -0.4 is 14.8 Å². The lowest BCUT2D eigenvalue weighted by Gasteiger charge is -2.18. The van der Waals surface area contributed by atoms with Gasteiger partial charge in [0, 0.05) is 6.04 Å². The molecule has 0 aliphatic rings. The monoisotopic (exact) mass is 235 g/mol. The maximum absolute atomic E-state index is 5.30. The average Bonchev–Trinajstić information content (AvgIpc) is 2.37. The van der Waals surface area contributed by atoms with E-state index in [0.717, 1.165) is 24.5 Å². The number of methoxy groups -OCH3 is 2. The molecule has 0 heterocycles. The fourth-order valence-corrected chi connectivity index (χ4v) is 1.82. The van der Waals surface area contributed by atoms with Gasteiger partial charge in [-0.25, -0.2) is 0 Å². The topological polar surface area (TPSA) is 30.5 Å². The smallest absolute Gasteiger partial charge is 0.161 e. The average molecular weight is 235 g/mol. The van der Waals surface area contributed by atoms with Gasteiger partial charge in [-0.1, -0.05) is 19.1 Å². The maximum atomic E-state index is 5.30. The molecule has 1 unspecified atom stereocenters. The van der Waals surface area contributed by atoms with Gasteiger partial charge in [0.25, 0.3) is 0 Å². The van der Waals surface area contributed by atoms with Crippen molar-refractivity contribution in [2.45, 2.75) is 19.4 Å². The lowest BCUT2D eigenvalue weighted by molar-refractivity contribution is 0.354.